The van der Waals surface area contributed by atoms with E-state index in [1.54, 1.807) is 32.9 Å². The number of rotatable bonds is 3. The van der Waals surface area contributed by atoms with Gasteiger partial charge in [-0.25, -0.2) is 4.79 Å². The van der Waals surface area contributed by atoms with Gasteiger partial charge >= 0.3 is 6.09 Å². The van der Waals surface area contributed by atoms with Gasteiger partial charge in [-0.05, 0) is 32.9 Å². The first-order valence-corrected chi connectivity index (χ1v) is 7.11. The molecule has 6 nitrogen and oxygen atoms in total. The van der Waals surface area contributed by atoms with Crippen molar-refractivity contribution in [2.45, 2.75) is 38.5 Å². The van der Waals surface area contributed by atoms with Gasteiger partial charge in [-0.15, -0.1) is 0 Å². The number of ether oxygens (including phenoxy) is 3. The number of likely N-dealkylation sites (N-methyl/N-ethyl adjacent to an activating group) is 1. The van der Waals surface area contributed by atoms with Crippen molar-refractivity contribution in [2.75, 3.05) is 13.7 Å². The Balaban J connectivity index is 2.09. The molecule has 0 radical (unpaired) electrons. The normalized spacial score (nSPS) is 18.3. The third kappa shape index (κ3) is 3.69. The van der Waals surface area contributed by atoms with E-state index in [4.69, 9.17) is 14.2 Å². The number of carbonyl (C=O) groups excluding carboxylic acids is 2. The number of aldehydes is 1. The van der Waals surface area contributed by atoms with Gasteiger partial charge in [0, 0.05) is 7.05 Å². The van der Waals surface area contributed by atoms with Crippen LogP contribution in [0.4, 0.5) is 4.79 Å². The van der Waals surface area contributed by atoms with Gasteiger partial charge in [0.25, 0.3) is 0 Å². The Kier molecular flexibility index (Phi) is 4.59. The molecule has 0 aliphatic carbocycles. The molecule has 2 atom stereocenters. The first-order valence-electron chi connectivity index (χ1n) is 7.11. The van der Waals surface area contributed by atoms with Crippen molar-refractivity contribution in [3.63, 3.8) is 0 Å². The molecule has 0 saturated carbocycles. The van der Waals surface area contributed by atoms with Crippen LogP contribution in [0, 0.1) is 0 Å². The van der Waals surface area contributed by atoms with Crippen LogP contribution in [0.15, 0.2) is 24.3 Å². The highest BCUT2D eigenvalue weighted by atomic mass is 16.6. The van der Waals surface area contributed by atoms with Gasteiger partial charge < -0.3 is 19.0 Å². The van der Waals surface area contributed by atoms with E-state index in [9.17, 15) is 9.59 Å². The Morgan fingerprint density at radius 1 is 1.36 bits per heavy atom. The van der Waals surface area contributed by atoms with Crippen LogP contribution >= 0.6 is 0 Å². The number of fused-ring (bicyclic) bond motifs is 1. The summed E-state index contributed by atoms with van der Waals surface area (Å²) in [5.74, 6) is 1.19. The Bertz CT molecular complexity index is 552. The van der Waals surface area contributed by atoms with Gasteiger partial charge in [-0.2, -0.15) is 0 Å². The minimum Gasteiger partial charge on any atom is -0.486 e. The molecule has 1 amide bonds. The second-order valence-electron chi connectivity index (χ2n) is 6.13. The minimum absolute atomic E-state index is 0.188. The maximum absolute atomic E-state index is 12.1. The number of hydrogen-bond donors (Lipinski definition) is 0. The molecule has 0 fully saturated rings. The van der Waals surface area contributed by atoms with Crippen LogP contribution in [0.2, 0.25) is 0 Å². The highest BCUT2D eigenvalue weighted by molar-refractivity contribution is 5.74. The van der Waals surface area contributed by atoms with Crippen LogP contribution in [0.25, 0.3) is 0 Å². The molecule has 0 spiro atoms. The van der Waals surface area contributed by atoms with Gasteiger partial charge in [0.2, 0.25) is 0 Å². The van der Waals surface area contributed by atoms with Crippen molar-refractivity contribution in [3.8, 4) is 11.5 Å². The Hall–Kier alpha value is -2.24. The molecule has 2 rings (SSSR count). The standard InChI is InChI=1S/C16H21NO5/c1-16(2,3)22-15(19)17(4)11(9-18)14-10-20-12-7-5-6-8-13(12)21-14/h5-9,11,14H,10H2,1-4H3. The van der Waals surface area contributed by atoms with E-state index >= 15 is 0 Å². The summed E-state index contributed by atoms with van der Waals surface area (Å²) >= 11 is 0. The van der Waals surface area contributed by atoms with Crippen LogP contribution in [-0.2, 0) is 9.53 Å². The highest BCUT2D eigenvalue weighted by Gasteiger charge is 2.35. The van der Waals surface area contributed by atoms with Crippen molar-refractivity contribution in [3.05, 3.63) is 24.3 Å². The molecule has 120 valence electrons. The molecule has 1 aliphatic rings. The number of amides is 1. The van der Waals surface area contributed by atoms with Gasteiger partial charge in [-0.3, -0.25) is 4.90 Å². The van der Waals surface area contributed by atoms with E-state index in [0.717, 1.165) is 0 Å². The molecule has 0 aromatic heterocycles. The third-order valence-corrected chi connectivity index (χ3v) is 3.18. The monoisotopic (exact) mass is 307 g/mol. The summed E-state index contributed by atoms with van der Waals surface area (Å²) in [6.45, 7) is 5.49. The zero-order valence-electron chi connectivity index (χ0n) is 13.2. The second-order valence-corrected chi connectivity index (χ2v) is 6.13. The van der Waals surface area contributed by atoms with Gasteiger partial charge in [0.15, 0.2) is 17.6 Å². The first-order chi connectivity index (χ1) is 10.3. The molecule has 1 aromatic carbocycles. The summed E-state index contributed by atoms with van der Waals surface area (Å²) in [4.78, 5) is 24.8. The smallest absolute Gasteiger partial charge is 0.410 e. The predicted molar refractivity (Wildman–Crippen MR) is 80.2 cm³/mol. The van der Waals surface area contributed by atoms with E-state index in [1.807, 2.05) is 12.1 Å². The Labute approximate surface area is 129 Å². The molecule has 0 N–H and O–H groups in total. The topological polar surface area (TPSA) is 65.1 Å². The van der Waals surface area contributed by atoms with Crippen molar-refractivity contribution < 1.29 is 23.8 Å². The predicted octanol–water partition coefficient (Wildman–Crippen LogP) is 2.26. The maximum Gasteiger partial charge on any atom is 0.410 e. The fourth-order valence-corrected chi connectivity index (χ4v) is 2.09. The molecule has 0 bridgehead atoms. The summed E-state index contributed by atoms with van der Waals surface area (Å²) in [6.07, 6.45) is -0.483. The van der Waals surface area contributed by atoms with Crippen LogP contribution in [0.3, 0.4) is 0 Å². The van der Waals surface area contributed by atoms with E-state index in [0.29, 0.717) is 17.8 Å². The van der Waals surface area contributed by atoms with E-state index in [2.05, 4.69) is 0 Å². The summed E-state index contributed by atoms with van der Waals surface area (Å²) < 4.78 is 16.6. The molecular weight excluding hydrogens is 286 g/mol. The molecule has 6 heteroatoms. The summed E-state index contributed by atoms with van der Waals surface area (Å²) in [5.41, 5.74) is -0.630. The van der Waals surface area contributed by atoms with Gasteiger partial charge in [-0.1, -0.05) is 12.1 Å². The summed E-state index contributed by atoms with van der Waals surface area (Å²) in [5, 5.41) is 0. The van der Waals surface area contributed by atoms with Crippen LogP contribution in [0.1, 0.15) is 20.8 Å². The second kappa shape index (κ2) is 6.25. The SMILES string of the molecule is CN(C(=O)OC(C)(C)C)C(C=O)C1COc2ccccc2O1. The number of hydrogen-bond acceptors (Lipinski definition) is 5. The van der Waals surface area contributed by atoms with Crippen molar-refractivity contribution in [1.29, 1.82) is 0 Å². The summed E-state index contributed by atoms with van der Waals surface area (Å²) in [7, 11) is 1.51. The average molecular weight is 307 g/mol. The van der Waals surface area contributed by atoms with Crippen LogP contribution in [-0.4, -0.2) is 48.7 Å². The van der Waals surface area contributed by atoms with Crippen molar-refractivity contribution in [2.24, 2.45) is 0 Å². The van der Waals surface area contributed by atoms with Gasteiger partial charge in [0.1, 0.15) is 24.5 Å². The zero-order chi connectivity index (χ0) is 16.3. The molecule has 1 aromatic rings. The average Bonchev–Trinajstić information content (AvgIpc) is 2.46. The van der Waals surface area contributed by atoms with Crippen LogP contribution in [0.5, 0.6) is 11.5 Å². The molecule has 22 heavy (non-hydrogen) atoms. The third-order valence-electron chi connectivity index (χ3n) is 3.18. The lowest BCUT2D eigenvalue weighted by Gasteiger charge is -2.34. The number of benzene rings is 1. The van der Waals surface area contributed by atoms with E-state index < -0.39 is 23.8 Å². The van der Waals surface area contributed by atoms with Crippen molar-refractivity contribution in [1.82, 2.24) is 4.90 Å². The lowest BCUT2D eigenvalue weighted by Crippen LogP contribution is -2.52. The van der Waals surface area contributed by atoms with E-state index in [-0.39, 0.29) is 6.61 Å². The fraction of sp³-hybridized carbons (Fsp3) is 0.500. The van der Waals surface area contributed by atoms with Crippen molar-refractivity contribution >= 4 is 12.4 Å². The first kappa shape index (κ1) is 16.1. The number of nitrogens with zero attached hydrogens (tertiary/aromatic N) is 1. The largest absolute Gasteiger partial charge is 0.486 e. The molecular formula is C16H21NO5. The molecule has 1 heterocycles. The lowest BCUT2D eigenvalue weighted by molar-refractivity contribution is -0.116. The van der Waals surface area contributed by atoms with E-state index in [1.165, 1.54) is 11.9 Å². The molecule has 1 aliphatic heterocycles. The Morgan fingerprint density at radius 2 is 2.00 bits per heavy atom. The minimum atomic E-state index is -0.789. The zero-order valence-corrected chi connectivity index (χ0v) is 13.2. The number of para-hydroxylation sites is 2. The lowest BCUT2D eigenvalue weighted by atomic mass is 10.1. The summed E-state index contributed by atoms with van der Waals surface area (Å²) in [6, 6.07) is 6.42. The molecule has 0 saturated heterocycles. The maximum atomic E-state index is 12.1. The number of carbonyl (C=O) groups is 2. The molecule has 2 unspecified atom stereocenters. The quantitative estimate of drug-likeness (QED) is 0.801. The van der Waals surface area contributed by atoms with Gasteiger partial charge in [0.05, 0.1) is 0 Å². The van der Waals surface area contributed by atoms with Crippen LogP contribution < -0.4 is 9.47 Å². The highest BCUT2D eigenvalue weighted by Crippen LogP contribution is 2.32. The fourth-order valence-electron chi connectivity index (χ4n) is 2.09. The Morgan fingerprint density at radius 3 is 2.59 bits per heavy atom.